The van der Waals surface area contributed by atoms with Crippen LogP contribution in [0, 0.1) is 5.82 Å². The summed E-state index contributed by atoms with van der Waals surface area (Å²) in [6, 6.07) is 12.0. The second-order valence-corrected chi connectivity index (χ2v) is 4.38. The van der Waals surface area contributed by atoms with Crippen LogP contribution in [0.1, 0.15) is 5.56 Å². The zero-order valence-corrected chi connectivity index (χ0v) is 10.6. The molecule has 0 unspecified atom stereocenters. The number of benzene rings is 2. The first-order valence-corrected chi connectivity index (χ1v) is 5.90. The van der Waals surface area contributed by atoms with Crippen LogP contribution in [0.2, 0.25) is 0 Å². The van der Waals surface area contributed by atoms with Gasteiger partial charge in [0.15, 0.2) is 0 Å². The molecule has 2 rings (SSSR count). The van der Waals surface area contributed by atoms with Crippen molar-refractivity contribution in [3.05, 3.63) is 58.3 Å². The minimum atomic E-state index is -0.309. The molecule has 0 aliphatic heterocycles. The molecule has 0 heterocycles. The molecule has 0 radical (unpaired) electrons. The fourth-order valence-electron chi connectivity index (χ4n) is 1.37. The van der Waals surface area contributed by atoms with Gasteiger partial charge in [0.2, 0.25) is 0 Å². The molecule has 0 spiro atoms. The van der Waals surface area contributed by atoms with E-state index in [0.29, 0.717) is 22.5 Å². The Morgan fingerprint density at radius 2 is 1.71 bits per heavy atom. The van der Waals surface area contributed by atoms with Gasteiger partial charge in [-0.05, 0) is 51.8 Å². The van der Waals surface area contributed by atoms with Crippen molar-refractivity contribution in [3.63, 3.8) is 0 Å². The summed E-state index contributed by atoms with van der Waals surface area (Å²) < 4.78 is 19.0. The largest absolute Gasteiger partial charge is 0.457 e. The van der Waals surface area contributed by atoms with Crippen molar-refractivity contribution in [2.75, 3.05) is 0 Å². The molecular formula is C13H11BrFNO. The highest BCUT2D eigenvalue weighted by Crippen LogP contribution is 2.26. The lowest BCUT2D eigenvalue weighted by atomic mass is 10.2. The molecule has 88 valence electrons. The zero-order chi connectivity index (χ0) is 12.3. The maximum atomic E-state index is 13.0. The van der Waals surface area contributed by atoms with Gasteiger partial charge in [0.1, 0.15) is 17.3 Å². The van der Waals surface area contributed by atoms with E-state index in [9.17, 15) is 4.39 Å². The molecule has 0 amide bonds. The molecule has 2 nitrogen and oxygen atoms in total. The molecule has 2 aromatic rings. The topological polar surface area (TPSA) is 35.2 Å². The first-order chi connectivity index (χ1) is 8.19. The van der Waals surface area contributed by atoms with Gasteiger partial charge in [0, 0.05) is 6.54 Å². The highest BCUT2D eigenvalue weighted by atomic mass is 79.9. The number of rotatable bonds is 3. The minimum absolute atomic E-state index is 0.309. The molecule has 4 heteroatoms. The van der Waals surface area contributed by atoms with Gasteiger partial charge in [-0.15, -0.1) is 0 Å². The number of hydrogen-bond acceptors (Lipinski definition) is 2. The maximum absolute atomic E-state index is 13.0. The van der Waals surface area contributed by atoms with Crippen LogP contribution >= 0.6 is 15.9 Å². The third-order valence-corrected chi connectivity index (χ3v) is 2.89. The van der Waals surface area contributed by atoms with E-state index >= 15 is 0 Å². The molecule has 17 heavy (non-hydrogen) atoms. The molecule has 0 fully saturated rings. The molecule has 0 aliphatic carbocycles. The summed E-state index contributed by atoms with van der Waals surface area (Å²) in [6.07, 6.45) is 0. The maximum Gasteiger partial charge on any atom is 0.137 e. The number of halogens is 2. The number of ether oxygens (including phenoxy) is 1. The van der Waals surface area contributed by atoms with Crippen molar-refractivity contribution in [2.45, 2.75) is 6.54 Å². The summed E-state index contributed by atoms with van der Waals surface area (Å²) in [7, 11) is 0. The van der Waals surface area contributed by atoms with Crippen LogP contribution < -0.4 is 10.5 Å². The third kappa shape index (κ3) is 3.05. The highest BCUT2D eigenvalue weighted by molar-refractivity contribution is 9.10. The molecule has 0 atom stereocenters. The van der Waals surface area contributed by atoms with Crippen LogP contribution in [0.25, 0.3) is 0 Å². The predicted octanol–water partition coefficient (Wildman–Crippen LogP) is 3.84. The fraction of sp³-hybridized carbons (Fsp3) is 0.0769. The van der Waals surface area contributed by atoms with Crippen LogP contribution in [0.15, 0.2) is 46.9 Å². The molecule has 0 aliphatic rings. The molecule has 0 aromatic heterocycles. The second-order valence-electron chi connectivity index (χ2n) is 3.53. The Hall–Kier alpha value is -1.39. The molecule has 0 saturated heterocycles. The summed E-state index contributed by atoms with van der Waals surface area (Å²) in [5.74, 6) is 0.968. The zero-order valence-electron chi connectivity index (χ0n) is 8.99. The van der Waals surface area contributed by atoms with E-state index < -0.39 is 0 Å². The van der Waals surface area contributed by atoms with Crippen molar-refractivity contribution in [1.82, 2.24) is 0 Å². The smallest absolute Gasteiger partial charge is 0.137 e. The molecule has 2 aromatic carbocycles. The van der Waals surface area contributed by atoms with E-state index in [0.717, 1.165) is 5.56 Å². The Balaban J connectivity index is 2.16. The van der Waals surface area contributed by atoms with Crippen LogP contribution in [0.3, 0.4) is 0 Å². The van der Waals surface area contributed by atoms with Crippen LogP contribution in [-0.4, -0.2) is 0 Å². The Labute approximate surface area is 107 Å². The van der Waals surface area contributed by atoms with E-state index in [1.807, 2.05) is 24.3 Å². The van der Waals surface area contributed by atoms with Gasteiger partial charge in [-0.2, -0.15) is 0 Å². The summed E-state index contributed by atoms with van der Waals surface area (Å²) in [4.78, 5) is 0. The summed E-state index contributed by atoms with van der Waals surface area (Å²) >= 11 is 3.11. The standard InChI is InChI=1S/C13H11BrFNO/c14-12-7-11(5-6-13(12)15)17-10-3-1-9(8-16)2-4-10/h1-7H,8,16H2. The van der Waals surface area contributed by atoms with Crippen molar-refractivity contribution in [2.24, 2.45) is 5.73 Å². The average molecular weight is 296 g/mol. The monoisotopic (exact) mass is 295 g/mol. The van der Waals surface area contributed by atoms with E-state index in [2.05, 4.69) is 15.9 Å². The lowest BCUT2D eigenvalue weighted by Gasteiger charge is -2.07. The van der Waals surface area contributed by atoms with Crippen molar-refractivity contribution < 1.29 is 9.13 Å². The van der Waals surface area contributed by atoms with Crippen LogP contribution in [-0.2, 0) is 6.54 Å². The average Bonchev–Trinajstić information content (AvgIpc) is 2.35. The lowest BCUT2D eigenvalue weighted by Crippen LogP contribution is -1.95. The van der Waals surface area contributed by atoms with Gasteiger partial charge >= 0.3 is 0 Å². The Kier molecular flexibility index (Phi) is 3.76. The van der Waals surface area contributed by atoms with E-state index in [4.69, 9.17) is 10.5 Å². The van der Waals surface area contributed by atoms with Gasteiger partial charge in [0.05, 0.1) is 4.47 Å². The summed E-state index contributed by atoms with van der Waals surface area (Å²) in [5, 5.41) is 0. The predicted molar refractivity (Wildman–Crippen MR) is 68.5 cm³/mol. The normalized spacial score (nSPS) is 10.3. The van der Waals surface area contributed by atoms with Gasteiger partial charge in [-0.3, -0.25) is 0 Å². The van der Waals surface area contributed by atoms with E-state index in [-0.39, 0.29) is 5.82 Å². The molecular weight excluding hydrogens is 285 g/mol. The second kappa shape index (κ2) is 5.29. The first-order valence-electron chi connectivity index (χ1n) is 5.11. The van der Waals surface area contributed by atoms with Gasteiger partial charge in [-0.25, -0.2) is 4.39 Å². The van der Waals surface area contributed by atoms with Crippen molar-refractivity contribution in [1.29, 1.82) is 0 Å². The molecule has 0 saturated carbocycles. The number of hydrogen-bond donors (Lipinski definition) is 1. The Bertz CT molecular complexity index is 513. The Morgan fingerprint density at radius 3 is 2.29 bits per heavy atom. The van der Waals surface area contributed by atoms with Gasteiger partial charge < -0.3 is 10.5 Å². The van der Waals surface area contributed by atoms with Crippen LogP contribution in [0.5, 0.6) is 11.5 Å². The molecule has 2 N–H and O–H groups in total. The fourth-order valence-corrected chi connectivity index (χ4v) is 1.73. The van der Waals surface area contributed by atoms with Crippen molar-refractivity contribution >= 4 is 15.9 Å². The Morgan fingerprint density at radius 1 is 1.06 bits per heavy atom. The van der Waals surface area contributed by atoms with Crippen molar-refractivity contribution in [3.8, 4) is 11.5 Å². The molecule has 0 bridgehead atoms. The summed E-state index contributed by atoms with van der Waals surface area (Å²) in [6.45, 7) is 0.502. The SMILES string of the molecule is NCc1ccc(Oc2ccc(F)c(Br)c2)cc1. The quantitative estimate of drug-likeness (QED) is 0.934. The van der Waals surface area contributed by atoms with E-state index in [1.165, 1.54) is 6.07 Å². The van der Waals surface area contributed by atoms with E-state index in [1.54, 1.807) is 12.1 Å². The van der Waals surface area contributed by atoms with Gasteiger partial charge in [0.25, 0.3) is 0 Å². The number of nitrogens with two attached hydrogens (primary N) is 1. The van der Waals surface area contributed by atoms with Gasteiger partial charge in [-0.1, -0.05) is 12.1 Å². The summed E-state index contributed by atoms with van der Waals surface area (Å²) in [5.41, 5.74) is 6.54. The highest BCUT2D eigenvalue weighted by Gasteiger charge is 2.02. The van der Waals surface area contributed by atoms with Crippen LogP contribution in [0.4, 0.5) is 4.39 Å². The third-order valence-electron chi connectivity index (χ3n) is 2.29. The lowest BCUT2D eigenvalue weighted by molar-refractivity contribution is 0.479. The minimum Gasteiger partial charge on any atom is -0.457 e. The first kappa shape index (κ1) is 12.1.